The SMILES string of the molecule is C[C@@]1(O)[C@H](O)[C@@H](CO)O[C@@]1(C#N)n1ccc(N)nc1=O.C[C@@]1(OC(=O)c2ccccc2)[C@H](OC(=O)c2ccccc2)[C@@H](COC(=O)c2ccccc2)O[C@@]1(C#N)n1ccc(=O)[nH]c1=O. The third kappa shape index (κ3) is 8.27. The van der Waals surface area contributed by atoms with Gasteiger partial charge in [0, 0.05) is 18.5 Å². The first-order chi connectivity index (χ1) is 30.5. The highest BCUT2D eigenvalue weighted by Crippen LogP contribution is 2.48. The summed E-state index contributed by atoms with van der Waals surface area (Å²) in [5.74, 6) is -2.61. The van der Waals surface area contributed by atoms with E-state index in [1.165, 1.54) is 49.4 Å². The number of H-pyrrole nitrogens is 1. The van der Waals surface area contributed by atoms with Gasteiger partial charge in [0.05, 0.1) is 23.3 Å². The van der Waals surface area contributed by atoms with Crippen molar-refractivity contribution in [1.29, 1.82) is 10.5 Å². The van der Waals surface area contributed by atoms with Gasteiger partial charge in [-0.25, -0.2) is 24.0 Å². The molecule has 2 aliphatic heterocycles. The number of hydrogen-bond donors (Lipinski definition) is 5. The van der Waals surface area contributed by atoms with Gasteiger partial charge in [-0.05, 0) is 56.3 Å². The fraction of sp³-hybridized carbons (Fsp3) is 0.279. The maximum absolute atomic E-state index is 13.5. The Balaban J connectivity index is 0.000000284. The monoisotopic (exact) mass is 877 g/mol. The molecule has 330 valence electrons. The minimum Gasteiger partial charge on any atom is -0.459 e. The van der Waals surface area contributed by atoms with Crippen molar-refractivity contribution in [2.75, 3.05) is 18.9 Å². The molecule has 21 heteroatoms. The van der Waals surface area contributed by atoms with Crippen molar-refractivity contribution in [1.82, 2.24) is 19.1 Å². The maximum Gasteiger partial charge on any atom is 0.352 e. The molecule has 0 bridgehead atoms. The van der Waals surface area contributed by atoms with Gasteiger partial charge >= 0.3 is 29.3 Å². The summed E-state index contributed by atoms with van der Waals surface area (Å²) in [7, 11) is 0. The van der Waals surface area contributed by atoms with Gasteiger partial charge in [-0.3, -0.25) is 18.9 Å². The van der Waals surface area contributed by atoms with E-state index < -0.39 is 95.1 Å². The molecule has 2 aromatic heterocycles. The highest BCUT2D eigenvalue weighted by molar-refractivity contribution is 5.91. The molecule has 0 saturated carbocycles. The zero-order chi connectivity index (χ0) is 46.5. The van der Waals surface area contributed by atoms with Gasteiger partial charge in [-0.15, -0.1) is 0 Å². The van der Waals surface area contributed by atoms with Gasteiger partial charge in [0.25, 0.3) is 17.0 Å². The van der Waals surface area contributed by atoms with Crippen LogP contribution in [0.25, 0.3) is 0 Å². The first-order valence-electron chi connectivity index (χ1n) is 19.1. The summed E-state index contributed by atoms with van der Waals surface area (Å²) in [6.07, 6.45) is -3.71. The molecule has 2 fully saturated rings. The molecule has 0 aliphatic carbocycles. The largest absolute Gasteiger partial charge is 0.459 e. The predicted molar refractivity (Wildman–Crippen MR) is 218 cm³/mol. The Kier molecular flexibility index (Phi) is 13.1. The summed E-state index contributed by atoms with van der Waals surface area (Å²) in [6.45, 7) is 1.19. The second-order valence-electron chi connectivity index (χ2n) is 14.6. The number of rotatable bonds is 10. The van der Waals surface area contributed by atoms with Crippen molar-refractivity contribution >= 4 is 23.7 Å². The maximum atomic E-state index is 13.5. The van der Waals surface area contributed by atoms with E-state index in [1.807, 2.05) is 6.07 Å². The molecular weight excluding hydrogens is 839 g/mol. The van der Waals surface area contributed by atoms with Gasteiger partial charge in [0.15, 0.2) is 11.7 Å². The summed E-state index contributed by atoms with van der Waals surface area (Å²) in [5.41, 5.74) is -6.09. The fourth-order valence-corrected chi connectivity index (χ4v) is 7.19. The molecule has 4 heterocycles. The van der Waals surface area contributed by atoms with Crippen LogP contribution in [0.1, 0.15) is 44.9 Å². The molecule has 0 spiro atoms. The van der Waals surface area contributed by atoms with E-state index in [9.17, 15) is 49.5 Å². The number of nitrogen functional groups attached to an aromatic ring is 1. The second-order valence-corrected chi connectivity index (χ2v) is 14.6. The number of carbonyl (C=O) groups is 3. The van der Waals surface area contributed by atoms with E-state index in [2.05, 4.69) is 9.97 Å². The van der Waals surface area contributed by atoms with Crippen molar-refractivity contribution in [2.45, 2.75) is 60.9 Å². The lowest BCUT2D eigenvalue weighted by molar-refractivity contribution is -0.156. The number of nitrogens with one attached hydrogen (secondary N) is 1. The zero-order valence-electron chi connectivity index (χ0n) is 33.8. The summed E-state index contributed by atoms with van der Waals surface area (Å²) in [4.78, 5) is 82.1. The Hall–Kier alpha value is -7.79. The van der Waals surface area contributed by atoms with Crippen molar-refractivity contribution in [3.8, 4) is 12.1 Å². The lowest BCUT2D eigenvalue weighted by Gasteiger charge is -2.38. The Morgan fingerprint density at radius 2 is 1.30 bits per heavy atom. The van der Waals surface area contributed by atoms with Crippen molar-refractivity contribution in [3.63, 3.8) is 0 Å². The molecule has 2 saturated heterocycles. The Labute approximate surface area is 361 Å². The number of hydrogen-bond acceptors (Lipinski definition) is 18. The molecule has 7 rings (SSSR count). The molecule has 6 N–H and O–H groups in total. The summed E-state index contributed by atoms with van der Waals surface area (Å²) < 4.78 is 30.2. The van der Waals surface area contributed by atoms with E-state index in [4.69, 9.17) is 34.5 Å². The van der Waals surface area contributed by atoms with Crippen LogP contribution >= 0.6 is 0 Å². The second kappa shape index (κ2) is 18.3. The smallest absolute Gasteiger partial charge is 0.352 e. The number of esters is 3. The van der Waals surface area contributed by atoms with Crippen LogP contribution in [0.2, 0.25) is 0 Å². The third-order valence-electron chi connectivity index (χ3n) is 10.6. The number of aliphatic hydroxyl groups excluding tert-OH is 2. The van der Waals surface area contributed by atoms with Crippen molar-refractivity contribution < 1.29 is 53.4 Å². The molecular formula is C43H39N7O14. The predicted octanol–water partition coefficient (Wildman–Crippen LogP) is 0.315. The molecule has 2 aliphatic rings. The summed E-state index contributed by atoms with van der Waals surface area (Å²) in [5, 5.41) is 49.5. The number of aromatic nitrogens is 4. The standard InChI is InChI=1S/C32H25N3O9.C11H14N4O5/c1-31(44-29(39)23-15-9-4-10-16-23)26(42-28(38)22-13-7-3-8-14-22)24(19-41-27(37)21-11-5-2-6-12-21)43-32(31,20-33)35-18-17-25(36)34-30(35)40;1-10(19)8(17)6(4-16)20-11(10,5-12)15-3-2-7(13)14-9(15)18/h2-18,24,26H,19H2,1H3,(H,34,36,40);2-3,6,8,16-17,19H,4H2,1H3,(H2,13,14,18)/t24-,26-,31-,32-;6-,8-,10-,11-/m11/s1. The number of aliphatic hydroxyl groups is 3. The summed E-state index contributed by atoms with van der Waals surface area (Å²) >= 11 is 0. The minimum atomic E-state index is -2.52. The number of nitrogens with two attached hydrogens (primary N) is 1. The van der Waals surface area contributed by atoms with Gasteiger partial charge in [0.1, 0.15) is 42.9 Å². The number of aromatic amines is 1. The quantitative estimate of drug-likeness (QED) is 0.0931. The third-order valence-corrected chi connectivity index (χ3v) is 10.6. The Bertz CT molecular complexity index is 2790. The van der Waals surface area contributed by atoms with Crippen LogP contribution in [0.5, 0.6) is 0 Å². The lowest BCUT2D eigenvalue weighted by atomic mass is 9.87. The molecule has 8 atom stereocenters. The fourth-order valence-electron chi connectivity index (χ4n) is 7.19. The normalized spacial score (nSPS) is 26.9. The topological polar surface area (TPSA) is 321 Å². The molecule has 3 aromatic carbocycles. The van der Waals surface area contributed by atoms with Crippen LogP contribution < -0.4 is 22.7 Å². The van der Waals surface area contributed by atoms with E-state index in [-0.39, 0.29) is 22.5 Å². The van der Waals surface area contributed by atoms with Crippen molar-refractivity contribution in [3.05, 3.63) is 164 Å². The highest BCUT2D eigenvalue weighted by atomic mass is 16.7. The van der Waals surface area contributed by atoms with E-state index in [0.29, 0.717) is 0 Å². The van der Waals surface area contributed by atoms with Crippen LogP contribution in [-0.4, -0.2) is 101 Å². The molecule has 0 unspecified atom stereocenters. The van der Waals surface area contributed by atoms with E-state index in [1.54, 1.807) is 60.7 Å². The zero-order valence-corrected chi connectivity index (χ0v) is 33.8. The van der Waals surface area contributed by atoms with E-state index in [0.717, 1.165) is 34.5 Å². The Morgan fingerprint density at radius 3 is 1.80 bits per heavy atom. The van der Waals surface area contributed by atoms with Crippen LogP contribution in [0.3, 0.4) is 0 Å². The summed E-state index contributed by atoms with van der Waals surface area (Å²) in [6, 6.07) is 29.5. The van der Waals surface area contributed by atoms with Crippen LogP contribution in [0.4, 0.5) is 5.82 Å². The average molecular weight is 878 g/mol. The van der Waals surface area contributed by atoms with Gasteiger partial charge in [-0.2, -0.15) is 15.5 Å². The van der Waals surface area contributed by atoms with E-state index >= 15 is 0 Å². The number of nitrogens with zero attached hydrogens (tertiary/aromatic N) is 5. The van der Waals surface area contributed by atoms with Crippen LogP contribution in [0, 0.1) is 22.7 Å². The van der Waals surface area contributed by atoms with Crippen LogP contribution in [0.15, 0.2) is 130 Å². The van der Waals surface area contributed by atoms with Gasteiger partial charge < -0.3 is 44.7 Å². The number of benzene rings is 3. The average Bonchev–Trinajstić information content (AvgIpc) is 3.64. The van der Waals surface area contributed by atoms with Gasteiger partial charge in [-0.1, -0.05) is 54.6 Å². The highest BCUT2D eigenvalue weighted by Gasteiger charge is 2.71. The number of ether oxygens (including phenoxy) is 5. The molecule has 0 amide bonds. The number of anilines is 1. The minimum absolute atomic E-state index is 0.0590. The number of carbonyl (C=O) groups excluding carboxylic acids is 3. The Morgan fingerprint density at radius 1 is 0.781 bits per heavy atom. The van der Waals surface area contributed by atoms with Gasteiger partial charge in [0.2, 0.25) is 5.60 Å². The molecule has 21 nitrogen and oxygen atoms in total. The lowest BCUT2D eigenvalue weighted by Crippen LogP contribution is -2.61. The van der Waals surface area contributed by atoms with Crippen LogP contribution in [-0.2, 0) is 35.1 Å². The molecule has 0 radical (unpaired) electrons. The first-order valence-corrected chi connectivity index (χ1v) is 19.1. The first kappa shape index (κ1) is 45.7. The van der Waals surface area contributed by atoms with Crippen molar-refractivity contribution in [2.24, 2.45) is 0 Å². The number of nitriles is 2. The molecule has 64 heavy (non-hydrogen) atoms. The molecule has 5 aromatic rings.